The van der Waals surface area contributed by atoms with E-state index < -0.39 is 0 Å². The van der Waals surface area contributed by atoms with E-state index in [0.29, 0.717) is 12.4 Å². The van der Waals surface area contributed by atoms with Gasteiger partial charge in [0.15, 0.2) is 5.82 Å². The molecule has 1 atom stereocenters. The van der Waals surface area contributed by atoms with E-state index in [4.69, 9.17) is 4.52 Å². The van der Waals surface area contributed by atoms with E-state index >= 15 is 0 Å². The van der Waals surface area contributed by atoms with Gasteiger partial charge in [-0.1, -0.05) is 56.3 Å². The van der Waals surface area contributed by atoms with Gasteiger partial charge in [-0.15, -0.1) is 0 Å². The van der Waals surface area contributed by atoms with Gasteiger partial charge in [0, 0.05) is 30.4 Å². The Hall–Kier alpha value is -2.40. The van der Waals surface area contributed by atoms with Gasteiger partial charge < -0.3 is 9.09 Å². The second-order valence-electron chi connectivity index (χ2n) is 7.68. The summed E-state index contributed by atoms with van der Waals surface area (Å²) in [5, 5.41) is 4.21. The third kappa shape index (κ3) is 3.12. The number of aromatic nitrogens is 3. The summed E-state index contributed by atoms with van der Waals surface area (Å²) in [6, 6.07) is 15.2. The Balaban J connectivity index is 1.65. The molecule has 130 valence electrons. The lowest BCUT2D eigenvalue weighted by Gasteiger charge is -2.36. The summed E-state index contributed by atoms with van der Waals surface area (Å²) in [6.07, 6.45) is 2.16. The summed E-state index contributed by atoms with van der Waals surface area (Å²) in [5.74, 6) is 1.45. The number of benzene rings is 1. The van der Waals surface area contributed by atoms with Gasteiger partial charge in [0.1, 0.15) is 0 Å². The first kappa shape index (κ1) is 16.1. The van der Waals surface area contributed by atoms with Crippen LogP contribution in [0.3, 0.4) is 0 Å². The monoisotopic (exact) mass is 336 g/mol. The van der Waals surface area contributed by atoms with E-state index in [-0.39, 0.29) is 11.5 Å². The Labute approximate surface area is 148 Å². The molecule has 2 aromatic heterocycles. The highest BCUT2D eigenvalue weighted by atomic mass is 16.5. The summed E-state index contributed by atoms with van der Waals surface area (Å²) in [5.41, 5.74) is 2.49. The minimum absolute atomic E-state index is 0.124. The number of hydrogen-bond donors (Lipinski definition) is 0. The molecule has 0 amide bonds. The Morgan fingerprint density at radius 2 is 1.88 bits per heavy atom. The SMILES string of the molecule is CC(C)(C)c1nc(CN2CCn3cccc3C2c2ccccc2)no1. The highest BCUT2D eigenvalue weighted by Gasteiger charge is 2.30. The maximum Gasteiger partial charge on any atom is 0.232 e. The van der Waals surface area contributed by atoms with Crippen molar-refractivity contribution in [2.24, 2.45) is 0 Å². The summed E-state index contributed by atoms with van der Waals surface area (Å²) in [4.78, 5) is 7.05. The van der Waals surface area contributed by atoms with Crippen molar-refractivity contribution in [2.75, 3.05) is 6.54 Å². The van der Waals surface area contributed by atoms with Gasteiger partial charge in [0.2, 0.25) is 5.89 Å². The van der Waals surface area contributed by atoms with Crippen LogP contribution in [0, 0.1) is 0 Å². The zero-order valence-electron chi connectivity index (χ0n) is 15.0. The van der Waals surface area contributed by atoms with Gasteiger partial charge >= 0.3 is 0 Å². The van der Waals surface area contributed by atoms with Gasteiger partial charge in [-0.2, -0.15) is 4.98 Å². The molecule has 25 heavy (non-hydrogen) atoms. The third-order valence-corrected chi connectivity index (χ3v) is 4.71. The van der Waals surface area contributed by atoms with Crippen molar-refractivity contribution in [1.82, 2.24) is 19.6 Å². The lowest BCUT2D eigenvalue weighted by molar-refractivity contribution is 0.168. The summed E-state index contributed by atoms with van der Waals surface area (Å²) < 4.78 is 7.81. The van der Waals surface area contributed by atoms with Crippen molar-refractivity contribution in [2.45, 2.75) is 45.3 Å². The molecule has 4 rings (SSSR count). The number of rotatable bonds is 3. The number of nitrogens with zero attached hydrogens (tertiary/aromatic N) is 4. The van der Waals surface area contributed by atoms with Crippen LogP contribution < -0.4 is 0 Å². The molecule has 0 spiro atoms. The molecule has 0 radical (unpaired) electrons. The van der Waals surface area contributed by atoms with E-state index in [0.717, 1.165) is 18.9 Å². The molecular weight excluding hydrogens is 312 g/mol. The van der Waals surface area contributed by atoms with Crippen LogP contribution in [0.25, 0.3) is 0 Å². The number of hydrogen-bond acceptors (Lipinski definition) is 4. The van der Waals surface area contributed by atoms with Crippen LogP contribution in [0.4, 0.5) is 0 Å². The van der Waals surface area contributed by atoms with Crippen LogP contribution in [0.1, 0.15) is 49.8 Å². The van der Waals surface area contributed by atoms with Crippen LogP contribution in [-0.4, -0.2) is 26.2 Å². The first-order valence-electron chi connectivity index (χ1n) is 8.79. The van der Waals surface area contributed by atoms with Crippen LogP contribution >= 0.6 is 0 Å². The third-order valence-electron chi connectivity index (χ3n) is 4.71. The molecule has 3 heterocycles. The lowest BCUT2D eigenvalue weighted by Crippen LogP contribution is -2.38. The Kier molecular flexibility index (Phi) is 3.96. The van der Waals surface area contributed by atoms with Crippen molar-refractivity contribution in [3.05, 3.63) is 71.6 Å². The van der Waals surface area contributed by atoms with Gasteiger partial charge in [-0.25, -0.2) is 0 Å². The number of fused-ring (bicyclic) bond motifs is 1. The van der Waals surface area contributed by atoms with Gasteiger partial charge in [0.05, 0.1) is 12.6 Å². The topological polar surface area (TPSA) is 47.1 Å². The first-order chi connectivity index (χ1) is 12.0. The van der Waals surface area contributed by atoms with Gasteiger partial charge in [-0.3, -0.25) is 4.90 Å². The standard InChI is InChI=1S/C20H24N4O/c1-20(2,3)19-21-17(22-25-19)14-24-13-12-23-11-7-10-16(23)18(24)15-8-5-4-6-9-15/h4-11,18H,12-14H2,1-3H3. The summed E-state index contributed by atoms with van der Waals surface area (Å²) in [7, 11) is 0. The quantitative estimate of drug-likeness (QED) is 0.730. The van der Waals surface area contributed by atoms with Crippen molar-refractivity contribution in [1.29, 1.82) is 0 Å². The molecule has 5 nitrogen and oxygen atoms in total. The largest absolute Gasteiger partial charge is 0.348 e. The Morgan fingerprint density at radius 3 is 2.60 bits per heavy atom. The second-order valence-corrected chi connectivity index (χ2v) is 7.68. The molecule has 0 saturated carbocycles. The summed E-state index contributed by atoms with van der Waals surface area (Å²) in [6.45, 7) is 8.89. The van der Waals surface area contributed by atoms with Crippen LogP contribution in [0.15, 0.2) is 53.2 Å². The van der Waals surface area contributed by atoms with E-state index in [1.165, 1.54) is 11.3 Å². The van der Waals surface area contributed by atoms with E-state index in [2.05, 4.69) is 89.0 Å². The van der Waals surface area contributed by atoms with Crippen molar-refractivity contribution in [3.63, 3.8) is 0 Å². The molecule has 0 saturated heterocycles. The molecule has 0 fully saturated rings. The molecular formula is C20H24N4O. The highest BCUT2D eigenvalue weighted by Crippen LogP contribution is 2.33. The molecule has 0 N–H and O–H groups in total. The fourth-order valence-electron chi connectivity index (χ4n) is 3.42. The first-order valence-corrected chi connectivity index (χ1v) is 8.79. The molecule has 1 aliphatic heterocycles. The van der Waals surface area contributed by atoms with E-state index in [9.17, 15) is 0 Å². The summed E-state index contributed by atoms with van der Waals surface area (Å²) >= 11 is 0. The maximum absolute atomic E-state index is 5.47. The van der Waals surface area contributed by atoms with Crippen LogP contribution in [0.5, 0.6) is 0 Å². The van der Waals surface area contributed by atoms with Crippen LogP contribution in [0.2, 0.25) is 0 Å². The Bertz CT molecular complexity index is 844. The Morgan fingerprint density at radius 1 is 1.08 bits per heavy atom. The maximum atomic E-state index is 5.47. The molecule has 1 unspecified atom stereocenters. The minimum Gasteiger partial charge on any atom is -0.348 e. The zero-order chi connectivity index (χ0) is 17.4. The minimum atomic E-state index is -0.124. The zero-order valence-corrected chi connectivity index (χ0v) is 15.0. The smallest absolute Gasteiger partial charge is 0.232 e. The molecule has 5 heteroatoms. The molecule has 0 aliphatic carbocycles. The highest BCUT2D eigenvalue weighted by molar-refractivity contribution is 5.30. The second kappa shape index (κ2) is 6.15. The van der Waals surface area contributed by atoms with Crippen molar-refractivity contribution >= 4 is 0 Å². The fraction of sp³-hybridized carbons (Fsp3) is 0.400. The lowest BCUT2D eigenvalue weighted by atomic mass is 9.97. The van der Waals surface area contributed by atoms with Crippen molar-refractivity contribution < 1.29 is 4.52 Å². The average Bonchev–Trinajstić information content (AvgIpc) is 3.24. The molecule has 3 aromatic rings. The molecule has 1 aromatic carbocycles. The fourth-order valence-corrected chi connectivity index (χ4v) is 3.42. The molecule has 1 aliphatic rings. The van der Waals surface area contributed by atoms with Gasteiger partial charge in [-0.05, 0) is 17.7 Å². The van der Waals surface area contributed by atoms with E-state index in [1.54, 1.807) is 0 Å². The normalized spacial score (nSPS) is 18.3. The predicted molar refractivity (Wildman–Crippen MR) is 96.1 cm³/mol. The average molecular weight is 336 g/mol. The van der Waals surface area contributed by atoms with Gasteiger partial charge in [0.25, 0.3) is 0 Å². The van der Waals surface area contributed by atoms with E-state index in [1.807, 2.05) is 0 Å². The van der Waals surface area contributed by atoms with Crippen molar-refractivity contribution in [3.8, 4) is 0 Å². The predicted octanol–water partition coefficient (Wildman–Crippen LogP) is 3.77. The van der Waals surface area contributed by atoms with Crippen LogP contribution in [-0.2, 0) is 18.5 Å². The molecule has 0 bridgehead atoms.